The van der Waals surface area contributed by atoms with Crippen molar-refractivity contribution in [2.24, 2.45) is 5.73 Å². The van der Waals surface area contributed by atoms with E-state index in [1.165, 1.54) is 0 Å². The topological polar surface area (TPSA) is 53.7 Å². The Labute approximate surface area is 125 Å². The fourth-order valence-corrected chi connectivity index (χ4v) is 2.39. The van der Waals surface area contributed by atoms with E-state index in [4.69, 9.17) is 19.9 Å². The minimum Gasteiger partial charge on any atom is -0.496 e. The summed E-state index contributed by atoms with van der Waals surface area (Å²) in [5.74, 6) is 2.07. The van der Waals surface area contributed by atoms with Gasteiger partial charge in [-0.1, -0.05) is 24.3 Å². The van der Waals surface area contributed by atoms with Gasteiger partial charge in [0.1, 0.15) is 17.2 Å². The molecule has 2 rings (SSSR count). The van der Waals surface area contributed by atoms with Crippen LogP contribution in [0.1, 0.15) is 18.5 Å². The van der Waals surface area contributed by atoms with Gasteiger partial charge in [-0.25, -0.2) is 0 Å². The second kappa shape index (κ2) is 6.50. The van der Waals surface area contributed by atoms with Crippen LogP contribution < -0.4 is 19.9 Å². The second-order valence-corrected chi connectivity index (χ2v) is 4.78. The maximum Gasteiger partial charge on any atom is 0.134 e. The number of hydrogen-bond acceptors (Lipinski definition) is 4. The highest BCUT2D eigenvalue weighted by atomic mass is 16.5. The van der Waals surface area contributed by atoms with Crippen LogP contribution in [0.3, 0.4) is 0 Å². The predicted octanol–water partition coefficient (Wildman–Crippen LogP) is 3.40. The standard InChI is InChI=1S/C17H21NO3/c1-11(18)13-7-5-6-8-14(13)17-15(20-3)9-12(19-2)10-16(17)21-4/h5-11H,18H2,1-4H3. The summed E-state index contributed by atoms with van der Waals surface area (Å²) >= 11 is 0. The summed E-state index contributed by atoms with van der Waals surface area (Å²) in [5, 5.41) is 0. The molecule has 0 aromatic heterocycles. The lowest BCUT2D eigenvalue weighted by Crippen LogP contribution is -2.07. The molecule has 0 aliphatic carbocycles. The summed E-state index contributed by atoms with van der Waals surface area (Å²) < 4.78 is 16.3. The number of methoxy groups -OCH3 is 3. The maximum absolute atomic E-state index is 6.08. The molecule has 1 atom stereocenters. The molecule has 2 aromatic rings. The van der Waals surface area contributed by atoms with Crippen molar-refractivity contribution in [2.75, 3.05) is 21.3 Å². The van der Waals surface area contributed by atoms with E-state index < -0.39 is 0 Å². The first-order valence-electron chi connectivity index (χ1n) is 6.77. The van der Waals surface area contributed by atoms with E-state index in [9.17, 15) is 0 Å². The summed E-state index contributed by atoms with van der Waals surface area (Å²) in [5.41, 5.74) is 9.01. The third-order valence-corrected chi connectivity index (χ3v) is 3.44. The van der Waals surface area contributed by atoms with E-state index in [1.54, 1.807) is 21.3 Å². The predicted molar refractivity (Wildman–Crippen MR) is 84.1 cm³/mol. The van der Waals surface area contributed by atoms with Crippen molar-refractivity contribution >= 4 is 0 Å². The molecule has 2 N–H and O–H groups in total. The lowest BCUT2D eigenvalue weighted by atomic mass is 9.94. The molecule has 0 aliphatic rings. The summed E-state index contributed by atoms with van der Waals surface area (Å²) in [6.07, 6.45) is 0. The molecule has 0 radical (unpaired) electrons. The molecule has 0 fully saturated rings. The Bertz CT molecular complexity index is 598. The van der Waals surface area contributed by atoms with Crippen LogP contribution in [-0.4, -0.2) is 21.3 Å². The number of hydrogen-bond donors (Lipinski definition) is 1. The third-order valence-electron chi connectivity index (χ3n) is 3.44. The van der Waals surface area contributed by atoms with E-state index in [2.05, 4.69) is 0 Å². The van der Waals surface area contributed by atoms with Crippen LogP contribution in [0.4, 0.5) is 0 Å². The first-order chi connectivity index (χ1) is 10.1. The zero-order chi connectivity index (χ0) is 15.4. The van der Waals surface area contributed by atoms with Crippen LogP contribution in [0.5, 0.6) is 17.2 Å². The second-order valence-electron chi connectivity index (χ2n) is 4.78. The van der Waals surface area contributed by atoms with Crippen molar-refractivity contribution in [3.8, 4) is 28.4 Å². The van der Waals surface area contributed by atoms with Gasteiger partial charge < -0.3 is 19.9 Å². The van der Waals surface area contributed by atoms with Crippen molar-refractivity contribution in [2.45, 2.75) is 13.0 Å². The van der Waals surface area contributed by atoms with Gasteiger partial charge in [-0.05, 0) is 18.1 Å². The first kappa shape index (κ1) is 15.2. The smallest absolute Gasteiger partial charge is 0.134 e. The maximum atomic E-state index is 6.08. The molecular weight excluding hydrogens is 266 g/mol. The molecule has 112 valence electrons. The van der Waals surface area contributed by atoms with Crippen LogP contribution >= 0.6 is 0 Å². The highest BCUT2D eigenvalue weighted by molar-refractivity contribution is 5.80. The zero-order valence-corrected chi connectivity index (χ0v) is 12.8. The van der Waals surface area contributed by atoms with Gasteiger partial charge in [0.2, 0.25) is 0 Å². The minimum atomic E-state index is -0.0855. The molecular formula is C17H21NO3. The Morgan fingerprint density at radius 1 is 0.905 bits per heavy atom. The molecule has 0 saturated heterocycles. The number of benzene rings is 2. The highest BCUT2D eigenvalue weighted by Crippen LogP contribution is 2.43. The molecule has 4 nitrogen and oxygen atoms in total. The first-order valence-corrected chi connectivity index (χ1v) is 6.77. The Hall–Kier alpha value is -2.20. The van der Waals surface area contributed by atoms with Crippen molar-refractivity contribution < 1.29 is 14.2 Å². The molecule has 0 spiro atoms. The van der Waals surface area contributed by atoms with Crippen molar-refractivity contribution in [1.82, 2.24) is 0 Å². The van der Waals surface area contributed by atoms with E-state index in [0.29, 0.717) is 17.2 Å². The van der Waals surface area contributed by atoms with Crippen molar-refractivity contribution in [1.29, 1.82) is 0 Å². The Morgan fingerprint density at radius 3 is 1.95 bits per heavy atom. The number of ether oxygens (including phenoxy) is 3. The Balaban J connectivity index is 2.73. The lowest BCUT2D eigenvalue weighted by Gasteiger charge is -2.19. The average molecular weight is 287 g/mol. The minimum absolute atomic E-state index is 0.0855. The number of rotatable bonds is 5. The molecule has 0 saturated carbocycles. The van der Waals surface area contributed by atoms with Crippen molar-refractivity contribution in [3.63, 3.8) is 0 Å². The molecule has 1 unspecified atom stereocenters. The van der Waals surface area contributed by atoms with Crippen LogP contribution in [-0.2, 0) is 0 Å². The van der Waals surface area contributed by atoms with E-state index in [1.807, 2.05) is 43.3 Å². The average Bonchev–Trinajstić information content (AvgIpc) is 2.53. The zero-order valence-electron chi connectivity index (χ0n) is 12.8. The summed E-state index contributed by atoms with van der Waals surface area (Å²) in [6.45, 7) is 1.96. The monoisotopic (exact) mass is 287 g/mol. The van der Waals surface area contributed by atoms with Gasteiger partial charge in [0, 0.05) is 18.2 Å². The van der Waals surface area contributed by atoms with Gasteiger partial charge >= 0.3 is 0 Å². The highest BCUT2D eigenvalue weighted by Gasteiger charge is 2.18. The van der Waals surface area contributed by atoms with E-state index >= 15 is 0 Å². The SMILES string of the molecule is COc1cc(OC)c(-c2ccccc2C(C)N)c(OC)c1. The van der Waals surface area contributed by atoms with E-state index in [-0.39, 0.29) is 6.04 Å². The van der Waals surface area contributed by atoms with Crippen molar-refractivity contribution in [3.05, 3.63) is 42.0 Å². The Morgan fingerprint density at radius 2 is 1.48 bits per heavy atom. The van der Waals surface area contributed by atoms with Gasteiger partial charge in [-0.15, -0.1) is 0 Å². The molecule has 2 aromatic carbocycles. The summed E-state index contributed by atoms with van der Waals surface area (Å²) in [4.78, 5) is 0. The van der Waals surface area contributed by atoms with Gasteiger partial charge in [-0.3, -0.25) is 0 Å². The molecule has 4 heteroatoms. The molecule has 0 aliphatic heterocycles. The molecule has 0 bridgehead atoms. The largest absolute Gasteiger partial charge is 0.496 e. The summed E-state index contributed by atoms with van der Waals surface area (Å²) in [6, 6.07) is 11.6. The van der Waals surface area contributed by atoms with Crippen LogP contribution in [0, 0.1) is 0 Å². The lowest BCUT2D eigenvalue weighted by molar-refractivity contribution is 0.377. The number of nitrogens with two attached hydrogens (primary N) is 1. The molecule has 0 amide bonds. The Kier molecular flexibility index (Phi) is 4.70. The van der Waals surface area contributed by atoms with Crippen LogP contribution in [0.25, 0.3) is 11.1 Å². The summed E-state index contributed by atoms with van der Waals surface area (Å²) in [7, 11) is 4.88. The fraction of sp³-hybridized carbons (Fsp3) is 0.294. The quantitative estimate of drug-likeness (QED) is 0.915. The third kappa shape index (κ3) is 2.95. The fourth-order valence-electron chi connectivity index (χ4n) is 2.39. The molecule has 0 heterocycles. The normalized spacial score (nSPS) is 11.9. The van der Waals surface area contributed by atoms with Crippen LogP contribution in [0.15, 0.2) is 36.4 Å². The van der Waals surface area contributed by atoms with Gasteiger partial charge in [0.05, 0.1) is 26.9 Å². The molecule has 21 heavy (non-hydrogen) atoms. The van der Waals surface area contributed by atoms with Gasteiger partial charge in [-0.2, -0.15) is 0 Å². The van der Waals surface area contributed by atoms with E-state index in [0.717, 1.165) is 16.7 Å². The van der Waals surface area contributed by atoms with Gasteiger partial charge in [0.25, 0.3) is 0 Å². The van der Waals surface area contributed by atoms with Crippen LogP contribution in [0.2, 0.25) is 0 Å². The van der Waals surface area contributed by atoms with Gasteiger partial charge in [0.15, 0.2) is 0 Å².